The molecule has 0 N–H and O–H groups in total. The second kappa shape index (κ2) is 6.26. The average Bonchev–Trinajstić information content (AvgIpc) is 3.01. The van der Waals surface area contributed by atoms with Gasteiger partial charge < -0.3 is 4.74 Å². The van der Waals surface area contributed by atoms with Crippen LogP contribution in [-0.4, -0.2) is 10.8 Å². The van der Waals surface area contributed by atoms with E-state index in [1.165, 1.54) is 54.7 Å². The number of carbonyl (C=O) groups is 1. The van der Waals surface area contributed by atoms with Crippen LogP contribution in [0.15, 0.2) is 47.8 Å². The van der Waals surface area contributed by atoms with Crippen LogP contribution in [0.1, 0.15) is 16.7 Å². The summed E-state index contributed by atoms with van der Waals surface area (Å²) in [5.41, 5.74) is 1.09. The van der Waals surface area contributed by atoms with Crippen LogP contribution in [0.2, 0.25) is 0 Å². The zero-order valence-electron chi connectivity index (χ0n) is 12.0. The minimum Gasteiger partial charge on any atom is -0.454 e. The summed E-state index contributed by atoms with van der Waals surface area (Å²) in [4.78, 5) is 15.4. The van der Waals surface area contributed by atoms with Crippen LogP contribution in [-0.2, 0) is 0 Å². The SMILES string of the molecule is CC(=O)c1nc(-c2ccc(Oc3ccc(F)cc3)c(F)c2)cs1. The van der Waals surface area contributed by atoms with Gasteiger partial charge in [0.15, 0.2) is 22.4 Å². The van der Waals surface area contributed by atoms with Crippen molar-refractivity contribution in [2.45, 2.75) is 6.92 Å². The van der Waals surface area contributed by atoms with Crippen LogP contribution in [0.3, 0.4) is 0 Å². The van der Waals surface area contributed by atoms with Gasteiger partial charge in [-0.2, -0.15) is 0 Å². The van der Waals surface area contributed by atoms with Gasteiger partial charge in [-0.15, -0.1) is 11.3 Å². The Morgan fingerprint density at radius 1 is 1.13 bits per heavy atom. The fourth-order valence-corrected chi connectivity index (χ4v) is 2.67. The van der Waals surface area contributed by atoms with Crippen molar-refractivity contribution in [3.8, 4) is 22.8 Å². The van der Waals surface area contributed by atoms with Gasteiger partial charge in [-0.05, 0) is 42.5 Å². The number of carbonyl (C=O) groups excluding carboxylic acids is 1. The lowest BCUT2D eigenvalue weighted by molar-refractivity contribution is 0.101. The lowest BCUT2D eigenvalue weighted by atomic mass is 10.1. The Kier molecular flexibility index (Phi) is 4.16. The molecule has 0 saturated heterocycles. The monoisotopic (exact) mass is 331 g/mol. The molecule has 1 heterocycles. The summed E-state index contributed by atoms with van der Waals surface area (Å²) >= 11 is 1.22. The molecule has 0 aliphatic rings. The van der Waals surface area contributed by atoms with E-state index in [-0.39, 0.29) is 11.5 Å². The number of hydrogen-bond donors (Lipinski definition) is 0. The molecule has 3 nitrogen and oxygen atoms in total. The Balaban J connectivity index is 1.85. The summed E-state index contributed by atoms with van der Waals surface area (Å²) in [5.74, 6) is -0.715. The van der Waals surface area contributed by atoms with E-state index in [4.69, 9.17) is 4.74 Å². The molecule has 3 rings (SSSR count). The summed E-state index contributed by atoms with van der Waals surface area (Å²) in [6.07, 6.45) is 0. The molecule has 2 aromatic carbocycles. The predicted octanol–water partition coefficient (Wildman–Crippen LogP) is 5.08. The van der Waals surface area contributed by atoms with Crippen molar-refractivity contribution in [2.75, 3.05) is 0 Å². The highest BCUT2D eigenvalue weighted by atomic mass is 32.1. The minimum absolute atomic E-state index is 0.0300. The van der Waals surface area contributed by atoms with Gasteiger partial charge >= 0.3 is 0 Å². The van der Waals surface area contributed by atoms with Gasteiger partial charge in [-0.3, -0.25) is 4.79 Å². The number of rotatable bonds is 4. The normalized spacial score (nSPS) is 10.6. The standard InChI is InChI=1S/C17H11F2NO2S/c1-10(21)17-20-15(9-23-17)11-2-7-16(14(19)8-11)22-13-5-3-12(18)4-6-13/h2-9H,1H3. The summed E-state index contributed by atoms with van der Waals surface area (Å²) in [5, 5.41) is 2.08. The maximum atomic E-state index is 14.2. The first-order valence-electron chi connectivity index (χ1n) is 6.73. The molecule has 23 heavy (non-hydrogen) atoms. The van der Waals surface area contributed by atoms with Gasteiger partial charge in [0.05, 0.1) is 5.69 Å². The molecule has 0 saturated carbocycles. The number of aromatic nitrogens is 1. The predicted molar refractivity (Wildman–Crippen MR) is 84.0 cm³/mol. The molecule has 0 atom stereocenters. The number of halogens is 2. The molecule has 1 aromatic heterocycles. The Hall–Kier alpha value is -2.60. The van der Waals surface area contributed by atoms with Gasteiger partial charge in [0.25, 0.3) is 0 Å². The maximum Gasteiger partial charge on any atom is 0.188 e. The van der Waals surface area contributed by atoms with Gasteiger partial charge in [-0.25, -0.2) is 13.8 Å². The Bertz CT molecular complexity index is 859. The second-order valence-electron chi connectivity index (χ2n) is 4.80. The van der Waals surface area contributed by atoms with E-state index in [1.807, 2.05) is 0 Å². The first-order chi connectivity index (χ1) is 11.0. The third kappa shape index (κ3) is 3.43. The molecule has 116 valence electrons. The van der Waals surface area contributed by atoms with Crippen LogP contribution < -0.4 is 4.74 Å². The van der Waals surface area contributed by atoms with E-state index < -0.39 is 11.6 Å². The van der Waals surface area contributed by atoms with E-state index in [0.29, 0.717) is 22.0 Å². The Morgan fingerprint density at radius 2 is 1.87 bits per heavy atom. The number of benzene rings is 2. The fraction of sp³-hybridized carbons (Fsp3) is 0.0588. The third-order valence-corrected chi connectivity index (χ3v) is 4.02. The van der Waals surface area contributed by atoms with Crippen LogP contribution in [0, 0.1) is 11.6 Å². The van der Waals surface area contributed by atoms with Crippen LogP contribution in [0.4, 0.5) is 8.78 Å². The first-order valence-corrected chi connectivity index (χ1v) is 7.61. The van der Waals surface area contributed by atoms with E-state index in [1.54, 1.807) is 11.4 Å². The van der Waals surface area contributed by atoms with Crippen LogP contribution in [0.25, 0.3) is 11.3 Å². The number of nitrogens with zero attached hydrogens (tertiary/aromatic N) is 1. The topological polar surface area (TPSA) is 39.2 Å². The smallest absolute Gasteiger partial charge is 0.188 e. The molecular weight excluding hydrogens is 320 g/mol. The maximum absolute atomic E-state index is 14.2. The summed E-state index contributed by atoms with van der Waals surface area (Å²) in [6, 6.07) is 9.73. The molecule has 0 radical (unpaired) electrons. The van der Waals surface area contributed by atoms with Crippen molar-refractivity contribution in [3.05, 3.63) is 64.5 Å². The highest BCUT2D eigenvalue weighted by Gasteiger charge is 2.11. The highest BCUT2D eigenvalue weighted by Crippen LogP contribution is 2.29. The Morgan fingerprint density at radius 3 is 2.48 bits per heavy atom. The summed E-state index contributed by atoms with van der Waals surface area (Å²) in [6.45, 7) is 1.43. The number of ketones is 1. The average molecular weight is 331 g/mol. The van der Waals surface area contributed by atoms with Gasteiger partial charge in [0, 0.05) is 17.9 Å². The van der Waals surface area contributed by atoms with Crippen LogP contribution >= 0.6 is 11.3 Å². The summed E-state index contributed by atoms with van der Waals surface area (Å²) in [7, 11) is 0. The first kappa shape index (κ1) is 15.3. The van der Waals surface area contributed by atoms with E-state index in [2.05, 4.69) is 4.98 Å². The number of Topliss-reactive ketones (excluding diaryl/α,β-unsaturated/α-hetero) is 1. The minimum atomic E-state index is -0.566. The van der Waals surface area contributed by atoms with E-state index in [0.717, 1.165) is 0 Å². The number of thiazole rings is 1. The van der Waals surface area contributed by atoms with Gasteiger partial charge in [0.1, 0.15) is 11.6 Å². The molecule has 0 amide bonds. The second-order valence-corrected chi connectivity index (χ2v) is 5.65. The molecule has 0 fully saturated rings. The zero-order valence-corrected chi connectivity index (χ0v) is 12.9. The molecule has 3 aromatic rings. The molecule has 0 aliphatic carbocycles. The molecule has 6 heteroatoms. The Labute approximate surface area is 135 Å². The largest absolute Gasteiger partial charge is 0.454 e. The van der Waals surface area contributed by atoms with E-state index in [9.17, 15) is 13.6 Å². The fourth-order valence-electron chi connectivity index (χ4n) is 1.94. The van der Waals surface area contributed by atoms with Crippen molar-refractivity contribution in [3.63, 3.8) is 0 Å². The molecule has 0 spiro atoms. The summed E-state index contributed by atoms with van der Waals surface area (Å²) < 4.78 is 32.4. The lowest BCUT2D eigenvalue weighted by Crippen LogP contribution is -1.91. The van der Waals surface area contributed by atoms with Crippen molar-refractivity contribution in [2.24, 2.45) is 0 Å². The quantitative estimate of drug-likeness (QED) is 0.626. The third-order valence-electron chi connectivity index (χ3n) is 3.07. The molecule has 0 aliphatic heterocycles. The van der Waals surface area contributed by atoms with Gasteiger partial charge in [0.2, 0.25) is 0 Å². The highest BCUT2D eigenvalue weighted by molar-refractivity contribution is 7.12. The van der Waals surface area contributed by atoms with Crippen LogP contribution in [0.5, 0.6) is 11.5 Å². The molecule has 0 unspecified atom stereocenters. The van der Waals surface area contributed by atoms with Crippen molar-refractivity contribution < 1.29 is 18.3 Å². The van der Waals surface area contributed by atoms with Crippen molar-refractivity contribution >= 4 is 17.1 Å². The molecule has 0 bridgehead atoms. The zero-order chi connectivity index (χ0) is 16.4. The van der Waals surface area contributed by atoms with Gasteiger partial charge in [-0.1, -0.05) is 0 Å². The number of hydrogen-bond acceptors (Lipinski definition) is 4. The number of ether oxygens (including phenoxy) is 1. The van der Waals surface area contributed by atoms with E-state index >= 15 is 0 Å². The van der Waals surface area contributed by atoms with Crippen molar-refractivity contribution in [1.29, 1.82) is 0 Å². The van der Waals surface area contributed by atoms with Crippen molar-refractivity contribution in [1.82, 2.24) is 4.98 Å². The lowest BCUT2D eigenvalue weighted by Gasteiger charge is -2.07. The molecular formula is C17H11F2NO2S.